The monoisotopic (exact) mass is 279 g/mol. The molecule has 112 valence electrons. The second kappa shape index (κ2) is 7.27. The highest BCUT2D eigenvalue weighted by molar-refractivity contribution is 5.46. The highest BCUT2D eigenvalue weighted by Crippen LogP contribution is 2.15. The number of anilines is 1. The van der Waals surface area contributed by atoms with Crippen LogP contribution in [0.1, 0.15) is 31.7 Å². The lowest BCUT2D eigenvalue weighted by Crippen LogP contribution is -2.39. The molecule has 20 heavy (non-hydrogen) atoms. The van der Waals surface area contributed by atoms with E-state index in [4.69, 9.17) is 11.0 Å². The molecule has 0 amide bonds. The van der Waals surface area contributed by atoms with Gasteiger partial charge in [0, 0.05) is 25.6 Å². The fourth-order valence-electron chi connectivity index (χ4n) is 2.17. The summed E-state index contributed by atoms with van der Waals surface area (Å²) in [5, 5.41) is 23.2. The minimum absolute atomic E-state index is 0.295. The molecule has 6 nitrogen and oxygen atoms in total. The fraction of sp³-hybridized carbons (Fsp3) is 0.714. The largest absolute Gasteiger partial charge is 0.396 e. The molecule has 6 heteroatoms. The zero-order chi connectivity index (χ0) is 15.3. The summed E-state index contributed by atoms with van der Waals surface area (Å²) in [5.74, 6) is 0. The first-order chi connectivity index (χ1) is 9.36. The predicted octanol–water partition coefficient (Wildman–Crippen LogP) is 1.07. The van der Waals surface area contributed by atoms with Gasteiger partial charge in [0.1, 0.15) is 0 Å². The quantitative estimate of drug-likeness (QED) is 0.779. The van der Waals surface area contributed by atoms with Crippen molar-refractivity contribution in [3.63, 3.8) is 0 Å². The van der Waals surface area contributed by atoms with E-state index in [9.17, 15) is 5.11 Å². The Bertz CT molecular complexity index is 475. The van der Waals surface area contributed by atoms with Crippen molar-refractivity contribution in [2.75, 3.05) is 18.8 Å². The Kier molecular flexibility index (Phi) is 5.99. The normalized spacial score (nSPS) is 12.9. The van der Waals surface area contributed by atoms with Crippen molar-refractivity contribution in [3.05, 3.63) is 11.4 Å². The van der Waals surface area contributed by atoms with Crippen LogP contribution in [-0.2, 0) is 6.54 Å². The van der Waals surface area contributed by atoms with Gasteiger partial charge in [0.25, 0.3) is 0 Å². The van der Waals surface area contributed by atoms with Gasteiger partial charge in [-0.2, -0.15) is 10.4 Å². The molecule has 0 bridgehead atoms. The first kappa shape index (κ1) is 16.5. The topological polar surface area (TPSA) is 91.1 Å². The second-order valence-corrected chi connectivity index (χ2v) is 5.42. The van der Waals surface area contributed by atoms with Crippen molar-refractivity contribution >= 4 is 5.69 Å². The SMILES string of the molecule is Cc1nn(CC(O)CN(CCC#N)C(C)C)c(C)c1N. The molecule has 0 fully saturated rings. The maximum atomic E-state index is 10.2. The molecule has 0 aromatic carbocycles. The summed E-state index contributed by atoms with van der Waals surface area (Å²) in [6.07, 6.45) is -0.0638. The number of rotatable bonds is 7. The van der Waals surface area contributed by atoms with Crippen LogP contribution in [0.2, 0.25) is 0 Å². The predicted molar refractivity (Wildman–Crippen MR) is 79.1 cm³/mol. The summed E-state index contributed by atoms with van der Waals surface area (Å²) in [6, 6.07) is 2.43. The summed E-state index contributed by atoms with van der Waals surface area (Å²) >= 11 is 0. The summed E-state index contributed by atoms with van der Waals surface area (Å²) in [5.41, 5.74) is 8.24. The third-order valence-electron chi connectivity index (χ3n) is 3.51. The number of nitrogens with two attached hydrogens (primary N) is 1. The molecule has 0 radical (unpaired) electrons. The van der Waals surface area contributed by atoms with Gasteiger partial charge in [0.15, 0.2) is 0 Å². The smallest absolute Gasteiger partial charge is 0.0862 e. The highest BCUT2D eigenvalue weighted by Gasteiger charge is 2.17. The van der Waals surface area contributed by atoms with E-state index in [0.29, 0.717) is 37.8 Å². The minimum atomic E-state index is -0.534. The third-order valence-corrected chi connectivity index (χ3v) is 3.51. The van der Waals surface area contributed by atoms with E-state index in [1.807, 2.05) is 13.8 Å². The maximum Gasteiger partial charge on any atom is 0.0862 e. The number of nitrogen functional groups attached to an aromatic ring is 1. The summed E-state index contributed by atoms with van der Waals surface area (Å²) in [6.45, 7) is 9.50. The number of hydrogen-bond acceptors (Lipinski definition) is 5. The van der Waals surface area contributed by atoms with E-state index in [-0.39, 0.29) is 0 Å². The zero-order valence-corrected chi connectivity index (χ0v) is 12.8. The van der Waals surface area contributed by atoms with Gasteiger partial charge in [-0.3, -0.25) is 9.58 Å². The fourth-order valence-corrected chi connectivity index (χ4v) is 2.17. The number of hydrogen-bond donors (Lipinski definition) is 2. The van der Waals surface area contributed by atoms with E-state index in [0.717, 1.165) is 11.4 Å². The highest BCUT2D eigenvalue weighted by atomic mass is 16.3. The zero-order valence-electron chi connectivity index (χ0n) is 12.8. The van der Waals surface area contributed by atoms with Crippen molar-refractivity contribution in [1.82, 2.24) is 14.7 Å². The second-order valence-electron chi connectivity index (χ2n) is 5.42. The summed E-state index contributed by atoms with van der Waals surface area (Å²) in [7, 11) is 0. The van der Waals surface area contributed by atoms with Crippen LogP contribution in [0.5, 0.6) is 0 Å². The lowest BCUT2D eigenvalue weighted by Gasteiger charge is -2.28. The van der Waals surface area contributed by atoms with Crippen LogP contribution in [0.3, 0.4) is 0 Å². The van der Waals surface area contributed by atoms with Gasteiger partial charge in [0.05, 0.1) is 35.8 Å². The Morgan fingerprint density at radius 1 is 1.45 bits per heavy atom. The summed E-state index contributed by atoms with van der Waals surface area (Å²) < 4.78 is 1.75. The Morgan fingerprint density at radius 3 is 2.55 bits per heavy atom. The molecular weight excluding hydrogens is 254 g/mol. The molecule has 1 heterocycles. The molecule has 0 spiro atoms. The number of aliphatic hydroxyl groups excluding tert-OH is 1. The first-order valence-corrected chi connectivity index (χ1v) is 6.95. The van der Waals surface area contributed by atoms with Gasteiger partial charge >= 0.3 is 0 Å². The van der Waals surface area contributed by atoms with Crippen molar-refractivity contribution in [1.29, 1.82) is 5.26 Å². The molecule has 1 aromatic heterocycles. The van der Waals surface area contributed by atoms with E-state index in [1.165, 1.54) is 0 Å². The Morgan fingerprint density at radius 2 is 2.10 bits per heavy atom. The molecule has 0 saturated heterocycles. The average molecular weight is 279 g/mol. The van der Waals surface area contributed by atoms with Crippen LogP contribution >= 0.6 is 0 Å². The lowest BCUT2D eigenvalue weighted by atomic mass is 10.2. The number of aliphatic hydroxyl groups is 1. The van der Waals surface area contributed by atoms with Crippen LogP contribution in [0.4, 0.5) is 5.69 Å². The van der Waals surface area contributed by atoms with Crippen molar-refractivity contribution in [2.24, 2.45) is 0 Å². The van der Waals surface area contributed by atoms with Gasteiger partial charge in [0.2, 0.25) is 0 Å². The van der Waals surface area contributed by atoms with E-state index in [1.54, 1.807) is 4.68 Å². The van der Waals surface area contributed by atoms with Crippen LogP contribution < -0.4 is 5.73 Å². The number of nitrogens with zero attached hydrogens (tertiary/aromatic N) is 4. The Hall–Kier alpha value is -1.58. The van der Waals surface area contributed by atoms with Crippen LogP contribution in [0, 0.1) is 25.2 Å². The Labute approximate surface area is 120 Å². The van der Waals surface area contributed by atoms with E-state index >= 15 is 0 Å². The number of aryl methyl sites for hydroxylation is 1. The lowest BCUT2D eigenvalue weighted by molar-refractivity contribution is 0.0810. The summed E-state index contributed by atoms with van der Waals surface area (Å²) in [4.78, 5) is 2.10. The van der Waals surface area contributed by atoms with Crippen LogP contribution in [0.15, 0.2) is 0 Å². The van der Waals surface area contributed by atoms with Crippen LogP contribution in [0.25, 0.3) is 0 Å². The maximum absolute atomic E-state index is 10.2. The number of aromatic nitrogens is 2. The molecular formula is C14H25N5O. The molecule has 1 atom stereocenters. The standard InChI is InChI=1S/C14H25N5O/c1-10(2)18(7-5-6-15)8-13(20)9-19-12(4)14(16)11(3)17-19/h10,13,20H,5,7-9,16H2,1-4H3. The molecule has 1 unspecified atom stereocenters. The van der Waals surface area contributed by atoms with Gasteiger partial charge in [-0.25, -0.2) is 0 Å². The Balaban J connectivity index is 2.63. The van der Waals surface area contributed by atoms with Crippen molar-refractivity contribution < 1.29 is 5.11 Å². The van der Waals surface area contributed by atoms with Crippen molar-refractivity contribution in [3.8, 4) is 6.07 Å². The first-order valence-electron chi connectivity index (χ1n) is 6.95. The average Bonchev–Trinajstić information content (AvgIpc) is 2.61. The molecule has 1 rings (SSSR count). The molecule has 1 aromatic rings. The third kappa shape index (κ3) is 4.22. The van der Waals surface area contributed by atoms with E-state index in [2.05, 4.69) is 29.9 Å². The molecule has 0 aliphatic carbocycles. The molecule has 0 aliphatic rings. The van der Waals surface area contributed by atoms with Gasteiger partial charge in [-0.05, 0) is 27.7 Å². The van der Waals surface area contributed by atoms with Crippen molar-refractivity contribution in [2.45, 2.75) is 52.8 Å². The molecule has 0 aliphatic heterocycles. The van der Waals surface area contributed by atoms with Gasteiger partial charge < -0.3 is 10.8 Å². The molecule has 0 saturated carbocycles. The molecule has 3 N–H and O–H groups in total. The van der Waals surface area contributed by atoms with Crippen LogP contribution in [-0.4, -0.2) is 45.0 Å². The number of nitriles is 1. The van der Waals surface area contributed by atoms with Gasteiger partial charge in [-0.15, -0.1) is 0 Å². The van der Waals surface area contributed by atoms with E-state index < -0.39 is 6.10 Å². The minimum Gasteiger partial charge on any atom is -0.396 e. The van der Waals surface area contributed by atoms with Gasteiger partial charge in [-0.1, -0.05) is 0 Å².